The highest BCUT2D eigenvalue weighted by molar-refractivity contribution is 7.89. The molecule has 5 rings (SSSR count). The maximum absolute atomic E-state index is 13.5. The van der Waals surface area contributed by atoms with Crippen molar-refractivity contribution < 1.29 is 27.5 Å². The third-order valence-electron chi connectivity index (χ3n) is 7.36. The van der Waals surface area contributed by atoms with Gasteiger partial charge in [-0.2, -0.15) is 4.31 Å². The predicted molar refractivity (Wildman–Crippen MR) is 153 cm³/mol. The molecule has 1 saturated heterocycles. The molecule has 2 aliphatic heterocycles. The van der Waals surface area contributed by atoms with Crippen LogP contribution in [-0.4, -0.2) is 68.6 Å². The average molecular weight is 564 g/mol. The van der Waals surface area contributed by atoms with Crippen molar-refractivity contribution in [1.29, 1.82) is 0 Å². The SMILES string of the molecule is CCOC(=O)c1ccc(-n2c(C)cc(/C=C3/C(=O)N(CC)c4ccc(S(=O)(=O)N5CCOCC5)cc43)c2C)cc1. The minimum absolute atomic E-state index is 0.164. The molecule has 10 heteroatoms. The summed E-state index contributed by atoms with van der Waals surface area (Å²) in [6.07, 6.45) is 1.84. The Balaban J connectivity index is 1.54. The maximum Gasteiger partial charge on any atom is 0.338 e. The lowest BCUT2D eigenvalue weighted by Gasteiger charge is -2.26. The lowest BCUT2D eigenvalue weighted by Crippen LogP contribution is -2.40. The van der Waals surface area contributed by atoms with E-state index in [-0.39, 0.29) is 16.8 Å². The summed E-state index contributed by atoms with van der Waals surface area (Å²) in [6, 6.07) is 14.1. The zero-order chi connectivity index (χ0) is 28.6. The van der Waals surface area contributed by atoms with Crippen LogP contribution in [-0.2, 0) is 24.3 Å². The molecular formula is C30H33N3O6S. The summed E-state index contributed by atoms with van der Waals surface area (Å²) in [4.78, 5) is 27.4. The van der Waals surface area contributed by atoms with Gasteiger partial charge < -0.3 is 18.9 Å². The number of esters is 1. The van der Waals surface area contributed by atoms with Gasteiger partial charge >= 0.3 is 5.97 Å². The topological polar surface area (TPSA) is 98.2 Å². The number of aryl methyl sites for hydroxylation is 1. The number of likely N-dealkylation sites (N-methyl/N-ethyl adjacent to an activating group) is 1. The van der Waals surface area contributed by atoms with Gasteiger partial charge in [0, 0.05) is 47.8 Å². The van der Waals surface area contributed by atoms with E-state index in [0.717, 1.165) is 22.6 Å². The number of morpholine rings is 1. The van der Waals surface area contributed by atoms with Crippen LogP contribution >= 0.6 is 0 Å². The van der Waals surface area contributed by atoms with Crippen molar-refractivity contribution in [1.82, 2.24) is 8.87 Å². The summed E-state index contributed by atoms with van der Waals surface area (Å²) in [7, 11) is -3.72. The first kappa shape index (κ1) is 27.8. The van der Waals surface area contributed by atoms with Crippen molar-refractivity contribution in [2.45, 2.75) is 32.6 Å². The van der Waals surface area contributed by atoms with E-state index in [4.69, 9.17) is 9.47 Å². The number of sulfonamides is 1. The van der Waals surface area contributed by atoms with Crippen molar-refractivity contribution in [3.05, 3.63) is 76.6 Å². The van der Waals surface area contributed by atoms with Crippen LogP contribution in [0.1, 0.15) is 46.7 Å². The molecule has 9 nitrogen and oxygen atoms in total. The second kappa shape index (κ2) is 11.0. The van der Waals surface area contributed by atoms with E-state index in [9.17, 15) is 18.0 Å². The van der Waals surface area contributed by atoms with E-state index in [1.54, 1.807) is 42.2 Å². The number of fused-ring (bicyclic) bond motifs is 1. The Hall–Kier alpha value is -3.73. The Morgan fingerprint density at radius 3 is 2.38 bits per heavy atom. The molecule has 1 aromatic heterocycles. The molecule has 0 radical (unpaired) electrons. The van der Waals surface area contributed by atoms with Gasteiger partial charge in [-0.25, -0.2) is 13.2 Å². The van der Waals surface area contributed by atoms with Gasteiger partial charge in [0.15, 0.2) is 0 Å². The van der Waals surface area contributed by atoms with Crippen LogP contribution in [0.3, 0.4) is 0 Å². The summed E-state index contributed by atoms with van der Waals surface area (Å²) in [6.45, 7) is 9.71. The lowest BCUT2D eigenvalue weighted by atomic mass is 10.0. The molecule has 0 aliphatic carbocycles. The van der Waals surface area contributed by atoms with Crippen molar-refractivity contribution in [2.24, 2.45) is 0 Å². The Morgan fingerprint density at radius 2 is 1.73 bits per heavy atom. The summed E-state index contributed by atoms with van der Waals surface area (Å²) in [5.74, 6) is -0.531. The Labute approximate surface area is 234 Å². The fourth-order valence-corrected chi connectivity index (χ4v) is 6.77. The number of amides is 1. The first-order valence-electron chi connectivity index (χ1n) is 13.4. The van der Waals surface area contributed by atoms with Crippen molar-refractivity contribution in [3.63, 3.8) is 0 Å². The summed E-state index contributed by atoms with van der Waals surface area (Å²) < 4.78 is 40.6. The van der Waals surface area contributed by atoms with Crippen molar-refractivity contribution >= 4 is 39.2 Å². The number of carbonyl (C=O) groups excluding carboxylic acids is 2. The maximum atomic E-state index is 13.5. The Bertz CT molecular complexity index is 1600. The molecule has 1 fully saturated rings. The summed E-state index contributed by atoms with van der Waals surface area (Å²) >= 11 is 0. The number of anilines is 1. The monoisotopic (exact) mass is 563 g/mol. The molecule has 40 heavy (non-hydrogen) atoms. The number of hydrogen-bond donors (Lipinski definition) is 0. The fourth-order valence-electron chi connectivity index (χ4n) is 5.33. The Kier molecular flexibility index (Phi) is 7.67. The Morgan fingerprint density at radius 1 is 1.02 bits per heavy atom. The van der Waals surface area contributed by atoms with Crippen LogP contribution in [0.15, 0.2) is 53.4 Å². The first-order chi connectivity index (χ1) is 19.2. The van der Waals surface area contributed by atoms with Gasteiger partial charge in [0.2, 0.25) is 10.0 Å². The summed E-state index contributed by atoms with van der Waals surface area (Å²) in [5, 5.41) is 0. The highest BCUT2D eigenvalue weighted by atomic mass is 32.2. The van der Waals surface area contributed by atoms with Crippen molar-refractivity contribution in [2.75, 3.05) is 44.4 Å². The molecule has 0 N–H and O–H groups in total. The zero-order valence-electron chi connectivity index (χ0n) is 23.1. The lowest BCUT2D eigenvalue weighted by molar-refractivity contribution is -0.112. The summed E-state index contributed by atoms with van der Waals surface area (Å²) in [5.41, 5.74) is 5.82. The molecule has 1 amide bonds. The molecule has 0 bridgehead atoms. The van der Waals surface area contributed by atoms with Gasteiger partial charge in [-0.05, 0) is 87.9 Å². The van der Waals surface area contributed by atoms with Gasteiger partial charge in [-0.15, -0.1) is 0 Å². The van der Waals surface area contributed by atoms with E-state index < -0.39 is 10.0 Å². The number of nitrogens with zero attached hydrogens (tertiary/aromatic N) is 3. The minimum atomic E-state index is -3.72. The molecule has 0 saturated carbocycles. The van der Waals surface area contributed by atoms with E-state index in [2.05, 4.69) is 4.57 Å². The third-order valence-corrected chi connectivity index (χ3v) is 9.25. The normalized spacial score (nSPS) is 16.9. The van der Waals surface area contributed by atoms with Crippen LogP contribution in [0.4, 0.5) is 5.69 Å². The second-order valence-corrected chi connectivity index (χ2v) is 11.7. The largest absolute Gasteiger partial charge is 0.462 e. The van der Waals surface area contributed by atoms with Gasteiger partial charge in [-0.1, -0.05) is 0 Å². The standard InChI is InChI=1S/C30H33N3O6S/c1-5-32-28-12-11-25(40(36,37)31-13-15-38-16-14-31)19-26(28)27(29(32)34)18-23-17-20(3)33(21(23)4)24-9-7-22(8-10-24)30(35)39-6-2/h7-12,17-19H,5-6,13-16H2,1-4H3/b27-18+. The van der Waals surface area contributed by atoms with Crippen LogP contribution < -0.4 is 4.90 Å². The molecule has 210 valence electrons. The van der Waals surface area contributed by atoms with Gasteiger partial charge in [0.05, 0.1) is 36.0 Å². The van der Waals surface area contributed by atoms with Crippen LogP contribution in [0.2, 0.25) is 0 Å². The van der Waals surface area contributed by atoms with Crippen LogP contribution in [0.5, 0.6) is 0 Å². The molecule has 3 heterocycles. The van der Waals surface area contributed by atoms with E-state index in [0.29, 0.717) is 61.8 Å². The molecule has 2 aliphatic rings. The number of rotatable bonds is 7. The van der Waals surface area contributed by atoms with Crippen molar-refractivity contribution in [3.8, 4) is 5.69 Å². The number of ether oxygens (including phenoxy) is 2. The molecular weight excluding hydrogens is 530 g/mol. The first-order valence-corrected chi connectivity index (χ1v) is 14.8. The van der Waals surface area contributed by atoms with E-state index in [1.165, 1.54) is 4.31 Å². The molecule has 0 unspecified atom stereocenters. The number of hydrogen-bond acceptors (Lipinski definition) is 6. The van der Waals surface area contributed by atoms with Gasteiger partial charge in [0.1, 0.15) is 0 Å². The van der Waals surface area contributed by atoms with Gasteiger partial charge in [0.25, 0.3) is 5.91 Å². The number of aromatic nitrogens is 1. The van der Waals surface area contributed by atoms with Crippen LogP contribution in [0, 0.1) is 13.8 Å². The van der Waals surface area contributed by atoms with E-state index >= 15 is 0 Å². The third kappa shape index (κ3) is 4.87. The smallest absolute Gasteiger partial charge is 0.338 e. The fraction of sp³-hybridized carbons (Fsp3) is 0.333. The van der Waals surface area contributed by atoms with E-state index in [1.807, 2.05) is 45.0 Å². The zero-order valence-corrected chi connectivity index (χ0v) is 24.0. The molecule has 0 spiro atoms. The van der Waals surface area contributed by atoms with Gasteiger partial charge in [-0.3, -0.25) is 4.79 Å². The van der Waals surface area contributed by atoms with Crippen LogP contribution in [0.25, 0.3) is 17.3 Å². The number of carbonyl (C=O) groups is 2. The average Bonchev–Trinajstić information content (AvgIpc) is 3.39. The predicted octanol–water partition coefficient (Wildman–Crippen LogP) is 4.20. The highest BCUT2D eigenvalue weighted by Crippen LogP contribution is 2.40. The number of benzene rings is 2. The quantitative estimate of drug-likeness (QED) is 0.316. The second-order valence-electron chi connectivity index (χ2n) is 9.73. The minimum Gasteiger partial charge on any atom is -0.462 e. The molecule has 2 aromatic carbocycles. The molecule has 0 atom stereocenters. The highest BCUT2D eigenvalue weighted by Gasteiger charge is 2.34. The molecule has 3 aromatic rings.